The van der Waals surface area contributed by atoms with Crippen LogP contribution >= 0.6 is 15.9 Å². The quantitative estimate of drug-likeness (QED) is 0.609. The maximum Gasteiger partial charge on any atom is 0.271 e. The molecule has 1 N–H and O–H groups in total. The van der Waals surface area contributed by atoms with E-state index in [1.807, 2.05) is 0 Å². The lowest BCUT2D eigenvalue weighted by Crippen LogP contribution is -2.17. The predicted octanol–water partition coefficient (Wildman–Crippen LogP) is 2.96. The largest absolute Gasteiger partial charge is 0.497 e. The van der Waals surface area contributed by atoms with Crippen LogP contribution in [-0.2, 0) is 0 Å². The second kappa shape index (κ2) is 7.43. The molecule has 0 bridgehead atoms. The van der Waals surface area contributed by atoms with E-state index in [0.29, 0.717) is 28.6 Å². The zero-order valence-electron chi connectivity index (χ0n) is 13.5. The predicted molar refractivity (Wildman–Crippen MR) is 94.9 cm³/mol. The van der Waals surface area contributed by atoms with Crippen LogP contribution in [0, 0.1) is 0 Å². The van der Waals surface area contributed by atoms with E-state index in [1.54, 1.807) is 30.3 Å². The van der Waals surface area contributed by atoms with Crippen molar-refractivity contribution in [3.8, 4) is 23.0 Å². The Kier molecular flexibility index (Phi) is 5.08. The molecule has 8 heteroatoms. The monoisotopic (exact) mass is 406 g/mol. The van der Waals surface area contributed by atoms with Gasteiger partial charge in [-0.1, -0.05) is 0 Å². The lowest BCUT2D eigenvalue weighted by molar-refractivity contribution is 0.0954. The van der Waals surface area contributed by atoms with E-state index in [-0.39, 0.29) is 12.7 Å². The Hall–Kier alpha value is -2.74. The highest BCUT2D eigenvalue weighted by Gasteiger charge is 2.15. The van der Waals surface area contributed by atoms with Gasteiger partial charge in [-0.15, -0.1) is 0 Å². The fraction of sp³-hybridized carbons (Fsp3) is 0.176. The van der Waals surface area contributed by atoms with Crippen molar-refractivity contribution < 1.29 is 23.7 Å². The van der Waals surface area contributed by atoms with Crippen LogP contribution in [0.5, 0.6) is 23.0 Å². The van der Waals surface area contributed by atoms with Crippen LogP contribution in [0.15, 0.2) is 39.9 Å². The third kappa shape index (κ3) is 3.85. The molecule has 130 valence electrons. The minimum absolute atomic E-state index is 0.191. The molecular weight excluding hydrogens is 392 g/mol. The van der Waals surface area contributed by atoms with E-state index in [9.17, 15) is 4.79 Å². The summed E-state index contributed by atoms with van der Waals surface area (Å²) in [6, 6.07) is 8.45. The Balaban J connectivity index is 1.73. The molecule has 0 aliphatic carbocycles. The highest BCUT2D eigenvalue weighted by atomic mass is 79.9. The molecule has 2 aromatic rings. The number of carbonyl (C=O) groups excluding carboxylic acids is 1. The molecule has 0 atom stereocenters. The Labute approximate surface area is 152 Å². The van der Waals surface area contributed by atoms with Gasteiger partial charge < -0.3 is 18.9 Å². The number of nitrogens with zero attached hydrogens (tertiary/aromatic N) is 1. The fourth-order valence-electron chi connectivity index (χ4n) is 2.20. The number of fused-ring (bicyclic) bond motifs is 1. The Morgan fingerprint density at radius 2 is 1.76 bits per heavy atom. The van der Waals surface area contributed by atoms with Crippen molar-refractivity contribution in [2.45, 2.75) is 0 Å². The van der Waals surface area contributed by atoms with Gasteiger partial charge in [-0.3, -0.25) is 4.79 Å². The van der Waals surface area contributed by atoms with Crippen LogP contribution in [0.25, 0.3) is 0 Å². The Bertz CT molecular complexity index is 816. The molecular formula is C17H15BrN2O5. The van der Waals surface area contributed by atoms with Gasteiger partial charge >= 0.3 is 0 Å². The highest BCUT2D eigenvalue weighted by Crippen LogP contribution is 2.36. The maximum atomic E-state index is 12.3. The van der Waals surface area contributed by atoms with Crippen molar-refractivity contribution in [1.29, 1.82) is 0 Å². The molecule has 25 heavy (non-hydrogen) atoms. The normalized spacial score (nSPS) is 12.3. The van der Waals surface area contributed by atoms with Crippen molar-refractivity contribution in [3.05, 3.63) is 45.9 Å². The van der Waals surface area contributed by atoms with Crippen LogP contribution in [-0.4, -0.2) is 33.1 Å². The van der Waals surface area contributed by atoms with Crippen molar-refractivity contribution in [2.75, 3.05) is 21.0 Å². The number of ether oxygens (including phenoxy) is 4. The minimum atomic E-state index is -0.384. The number of hydrogen-bond donors (Lipinski definition) is 1. The SMILES string of the molecule is COc1cc(OC)cc(C(=O)N/N=C/c2cc3c(cc2Br)OCO3)c1. The molecule has 3 rings (SSSR count). The van der Waals surface area contributed by atoms with Crippen LogP contribution in [0.3, 0.4) is 0 Å². The molecule has 0 unspecified atom stereocenters. The molecule has 0 spiro atoms. The summed E-state index contributed by atoms with van der Waals surface area (Å²) in [5.74, 6) is 1.95. The van der Waals surface area contributed by atoms with Crippen LogP contribution in [0.2, 0.25) is 0 Å². The average molecular weight is 407 g/mol. The molecule has 7 nitrogen and oxygen atoms in total. The summed E-state index contributed by atoms with van der Waals surface area (Å²) in [5.41, 5.74) is 3.59. The van der Waals surface area contributed by atoms with Gasteiger partial charge in [0.15, 0.2) is 11.5 Å². The van der Waals surface area contributed by atoms with Gasteiger partial charge in [-0.25, -0.2) is 5.43 Å². The summed E-state index contributed by atoms with van der Waals surface area (Å²) < 4.78 is 21.7. The van der Waals surface area contributed by atoms with Crippen LogP contribution < -0.4 is 24.4 Å². The molecule has 0 radical (unpaired) electrons. The molecule has 1 amide bonds. The summed E-state index contributed by atoms with van der Waals surface area (Å²) in [4.78, 5) is 12.3. The second-order valence-corrected chi connectivity index (χ2v) is 5.88. The molecule has 1 aliphatic heterocycles. The number of hydrazone groups is 1. The number of rotatable bonds is 5. The molecule has 2 aromatic carbocycles. The number of nitrogens with one attached hydrogen (secondary N) is 1. The Morgan fingerprint density at radius 3 is 2.40 bits per heavy atom. The number of methoxy groups -OCH3 is 2. The van der Waals surface area contributed by atoms with Crippen molar-refractivity contribution in [1.82, 2.24) is 5.43 Å². The smallest absolute Gasteiger partial charge is 0.271 e. The second-order valence-electron chi connectivity index (χ2n) is 5.03. The first-order chi connectivity index (χ1) is 12.1. The Morgan fingerprint density at radius 1 is 1.12 bits per heavy atom. The third-order valence-electron chi connectivity index (χ3n) is 3.48. The molecule has 0 fully saturated rings. The zero-order chi connectivity index (χ0) is 17.8. The van der Waals surface area contributed by atoms with E-state index < -0.39 is 0 Å². The standard InChI is InChI=1S/C17H15BrN2O5/c1-22-12-3-10(4-13(6-12)23-2)17(21)20-19-8-11-5-15-16(7-14(11)18)25-9-24-15/h3-8H,9H2,1-2H3,(H,20,21)/b19-8+. The van der Waals surface area contributed by atoms with E-state index in [1.165, 1.54) is 20.4 Å². The third-order valence-corrected chi connectivity index (χ3v) is 4.16. The van der Waals surface area contributed by atoms with Crippen molar-refractivity contribution in [2.24, 2.45) is 5.10 Å². The lowest BCUT2D eigenvalue weighted by atomic mass is 10.2. The van der Waals surface area contributed by atoms with E-state index in [2.05, 4.69) is 26.5 Å². The first-order valence-electron chi connectivity index (χ1n) is 7.26. The molecule has 0 saturated carbocycles. The number of carbonyl (C=O) groups is 1. The summed E-state index contributed by atoms with van der Waals surface area (Å²) >= 11 is 3.43. The highest BCUT2D eigenvalue weighted by molar-refractivity contribution is 9.10. The van der Waals surface area contributed by atoms with Gasteiger partial charge in [0.2, 0.25) is 6.79 Å². The first kappa shape index (κ1) is 17.1. The lowest BCUT2D eigenvalue weighted by Gasteiger charge is -2.07. The first-order valence-corrected chi connectivity index (χ1v) is 8.05. The number of amides is 1. The van der Waals surface area contributed by atoms with Crippen LogP contribution in [0.4, 0.5) is 0 Å². The van der Waals surface area contributed by atoms with E-state index >= 15 is 0 Å². The molecule has 1 aliphatic rings. The molecule has 0 aromatic heterocycles. The molecule has 1 heterocycles. The topological polar surface area (TPSA) is 78.4 Å². The van der Waals surface area contributed by atoms with Crippen molar-refractivity contribution in [3.63, 3.8) is 0 Å². The fourth-order valence-corrected chi connectivity index (χ4v) is 2.62. The van der Waals surface area contributed by atoms with Gasteiger partial charge in [-0.05, 0) is 40.2 Å². The van der Waals surface area contributed by atoms with Gasteiger partial charge in [0, 0.05) is 21.7 Å². The van der Waals surface area contributed by atoms with Crippen LogP contribution in [0.1, 0.15) is 15.9 Å². The average Bonchev–Trinajstić information content (AvgIpc) is 3.08. The van der Waals surface area contributed by atoms with Crippen molar-refractivity contribution >= 4 is 28.1 Å². The summed E-state index contributed by atoms with van der Waals surface area (Å²) in [6.07, 6.45) is 1.52. The van der Waals surface area contributed by atoms with Gasteiger partial charge in [0.1, 0.15) is 11.5 Å². The van der Waals surface area contributed by atoms with E-state index in [0.717, 1.165) is 10.0 Å². The summed E-state index contributed by atoms with van der Waals surface area (Å²) in [7, 11) is 3.04. The molecule has 0 saturated heterocycles. The number of halogens is 1. The number of hydrogen-bond acceptors (Lipinski definition) is 6. The summed E-state index contributed by atoms with van der Waals surface area (Å²) in [6.45, 7) is 0.191. The van der Waals surface area contributed by atoms with Gasteiger partial charge in [-0.2, -0.15) is 5.10 Å². The minimum Gasteiger partial charge on any atom is -0.497 e. The van der Waals surface area contributed by atoms with Gasteiger partial charge in [0.05, 0.1) is 20.4 Å². The van der Waals surface area contributed by atoms with Gasteiger partial charge in [0.25, 0.3) is 5.91 Å². The number of benzene rings is 2. The van der Waals surface area contributed by atoms with E-state index in [4.69, 9.17) is 18.9 Å². The summed E-state index contributed by atoms with van der Waals surface area (Å²) in [5, 5.41) is 3.98. The zero-order valence-corrected chi connectivity index (χ0v) is 15.1. The maximum absolute atomic E-state index is 12.3.